The molecule has 0 radical (unpaired) electrons. The number of hydrogen-bond donors (Lipinski definition) is 0. The molecule has 0 amide bonds. The van der Waals surface area contributed by atoms with Crippen molar-refractivity contribution in [2.75, 3.05) is 0 Å². The van der Waals surface area contributed by atoms with Gasteiger partial charge in [-0.25, -0.2) is 13.4 Å². The van der Waals surface area contributed by atoms with Gasteiger partial charge in [0.1, 0.15) is 0 Å². The first kappa shape index (κ1) is 13.4. The summed E-state index contributed by atoms with van der Waals surface area (Å²) in [4.78, 5) is 8.32. The fourth-order valence-electron chi connectivity index (χ4n) is 1.88. The van der Waals surface area contributed by atoms with Crippen LogP contribution in [0, 0.1) is 3.57 Å². The normalized spacial score (nSPS) is 11.7. The Morgan fingerprint density at radius 1 is 1.00 bits per heavy atom. The molecule has 0 saturated heterocycles. The molecule has 2 aromatic heterocycles. The summed E-state index contributed by atoms with van der Waals surface area (Å²) < 4.78 is 25.9. The first-order valence-electron chi connectivity index (χ1n) is 5.79. The Labute approximate surface area is 129 Å². The van der Waals surface area contributed by atoms with Crippen LogP contribution in [0.4, 0.5) is 0 Å². The highest BCUT2D eigenvalue weighted by Crippen LogP contribution is 2.24. The van der Waals surface area contributed by atoms with Crippen LogP contribution in [0.2, 0.25) is 0 Å². The summed E-state index contributed by atoms with van der Waals surface area (Å²) in [6.45, 7) is 0. The number of rotatable bonds is 2. The van der Waals surface area contributed by atoms with Gasteiger partial charge >= 0.3 is 0 Å². The Kier molecular flexibility index (Phi) is 3.43. The highest BCUT2D eigenvalue weighted by atomic mass is 127. The molecule has 6 heteroatoms. The average Bonchev–Trinajstić information content (AvgIpc) is 2.48. The molecule has 0 saturated carbocycles. The molecule has 0 atom stereocenters. The first-order chi connectivity index (χ1) is 9.59. The number of para-hydroxylation sites is 1. The highest BCUT2D eigenvalue weighted by Gasteiger charge is 2.19. The van der Waals surface area contributed by atoms with Crippen LogP contribution in [0.1, 0.15) is 0 Å². The lowest BCUT2D eigenvalue weighted by Gasteiger charge is -2.05. The minimum absolute atomic E-state index is 0.0341. The molecule has 0 spiro atoms. The molecule has 0 aliphatic carbocycles. The summed E-state index contributed by atoms with van der Waals surface area (Å²) in [6, 6.07) is 12.1. The predicted octanol–water partition coefficient (Wildman–Crippen LogP) is 3.07. The summed E-state index contributed by atoms with van der Waals surface area (Å²) in [5, 5.41) is 0.834. The molecule has 0 unspecified atom stereocenters. The molecule has 3 rings (SSSR count). The lowest BCUT2D eigenvalue weighted by Crippen LogP contribution is -2.04. The zero-order chi connectivity index (χ0) is 14.2. The van der Waals surface area contributed by atoms with E-state index in [0.29, 0.717) is 0 Å². The van der Waals surface area contributed by atoms with Crippen molar-refractivity contribution < 1.29 is 8.42 Å². The molecule has 1 aromatic carbocycles. The second kappa shape index (κ2) is 5.10. The minimum atomic E-state index is -3.62. The van der Waals surface area contributed by atoms with E-state index in [1.807, 2.05) is 18.2 Å². The summed E-state index contributed by atoms with van der Waals surface area (Å²) in [5.41, 5.74) is 0.799. The lowest BCUT2D eigenvalue weighted by molar-refractivity contribution is 0.592. The van der Waals surface area contributed by atoms with Crippen LogP contribution in [-0.2, 0) is 9.84 Å². The van der Waals surface area contributed by atoms with Gasteiger partial charge in [0, 0.05) is 21.4 Å². The molecule has 2 heterocycles. The molecule has 0 bridgehead atoms. The van der Waals surface area contributed by atoms with Crippen LogP contribution in [-0.4, -0.2) is 18.4 Å². The fourth-order valence-corrected chi connectivity index (χ4v) is 3.71. The third kappa shape index (κ3) is 2.29. The van der Waals surface area contributed by atoms with E-state index >= 15 is 0 Å². The van der Waals surface area contributed by atoms with Gasteiger partial charge < -0.3 is 0 Å². The SMILES string of the molecule is O=S(=O)(c1cnc2c(I)cccc2c1)c1ccccn1. The van der Waals surface area contributed by atoms with E-state index in [4.69, 9.17) is 0 Å². The van der Waals surface area contributed by atoms with Crippen molar-refractivity contribution in [2.45, 2.75) is 9.92 Å². The average molecular weight is 396 g/mol. The largest absolute Gasteiger partial charge is 0.254 e. The van der Waals surface area contributed by atoms with Crippen LogP contribution in [0.15, 0.2) is 64.8 Å². The summed E-state index contributed by atoms with van der Waals surface area (Å²) >= 11 is 2.18. The number of halogens is 1. The van der Waals surface area contributed by atoms with Gasteiger partial charge in [-0.1, -0.05) is 18.2 Å². The second-order valence-corrected chi connectivity index (χ2v) is 7.21. The van der Waals surface area contributed by atoms with Crippen LogP contribution in [0.25, 0.3) is 10.9 Å². The number of benzene rings is 1. The number of fused-ring (bicyclic) bond motifs is 1. The van der Waals surface area contributed by atoms with Crippen molar-refractivity contribution in [1.29, 1.82) is 0 Å². The maximum Gasteiger partial charge on any atom is 0.225 e. The molecule has 3 aromatic rings. The van der Waals surface area contributed by atoms with Crippen molar-refractivity contribution in [3.63, 3.8) is 0 Å². The third-order valence-electron chi connectivity index (χ3n) is 2.86. The monoisotopic (exact) mass is 396 g/mol. The summed E-state index contributed by atoms with van der Waals surface area (Å²) in [5.74, 6) is 0. The Bertz CT molecular complexity index is 880. The molecule has 0 aliphatic rings. The zero-order valence-electron chi connectivity index (χ0n) is 10.2. The van der Waals surface area contributed by atoms with E-state index in [0.717, 1.165) is 14.5 Å². The molecular formula is C14H9IN2O2S. The number of nitrogens with zero attached hydrogens (tertiary/aromatic N) is 2. The van der Waals surface area contributed by atoms with Gasteiger partial charge in [0.15, 0.2) is 5.03 Å². The Morgan fingerprint density at radius 2 is 1.85 bits per heavy atom. The first-order valence-corrected chi connectivity index (χ1v) is 8.35. The van der Waals surface area contributed by atoms with Gasteiger partial charge in [0.05, 0.1) is 10.4 Å². The van der Waals surface area contributed by atoms with Crippen LogP contribution >= 0.6 is 22.6 Å². The van der Waals surface area contributed by atoms with E-state index in [1.165, 1.54) is 18.5 Å². The van der Waals surface area contributed by atoms with E-state index in [1.54, 1.807) is 18.2 Å². The minimum Gasteiger partial charge on any atom is -0.254 e. The van der Waals surface area contributed by atoms with Gasteiger partial charge in [0.25, 0.3) is 0 Å². The molecule has 100 valence electrons. The van der Waals surface area contributed by atoms with Gasteiger partial charge in [-0.15, -0.1) is 0 Å². The number of pyridine rings is 2. The Balaban J connectivity index is 2.21. The molecule has 0 N–H and O–H groups in total. The van der Waals surface area contributed by atoms with E-state index in [-0.39, 0.29) is 9.92 Å². The van der Waals surface area contributed by atoms with Crippen molar-refractivity contribution in [1.82, 2.24) is 9.97 Å². The summed E-state index contributed by atoms with van der Waals surface area (Å²) in [7, 11) is -3.62. The van der Waals surface area contributed by atoms with Crippen molar-refractivity contribution in [3.8, 4) is 0 Å². The summed E-state index contributed by atoms with van der Waals surface area (Å²) in [6.07, 6.45) is 2.85. The second-order valence-electron chi connectivity index (χ2n) is 4.15. The van der Waals surface area contributed by atoms with Crippen LogP contribution in [0.3, 0.4) is 0 Å². The van der Waals surface area contributed by atoms with Crippen LogP contribution < -0.4 is 0 Å². The van der Waals surface area contributed by atoms with E-state index in [2.05, 4.69) is 32.6 Å². The lowest BCUT2D eigenvalue weighted by atomic mass is 10.2. The topological polar surface area (TPSA) is 59.9 Å². The number of aromatic nitrogens is 2. The van der Waals surface area contributed by atoms with Crippen LogP contribution in [0.5, 0.6) is 0 Å². The van der Waals surface area contributed by atoms with Gasteiger partial charge in [0.2, 0.25) is 9.84 Å². The van der Waals surface area contributed by atoms with Crippen molar-refractivity contribution in [3.05, 3.63) is 58.4 Å². The van der Waals surface area contributed by atoms with Gasteiger partial charge in [-0.3, -0.25) is 4.98 Å². The quantitative estimate of drug-likeness (QED) is 0.625. The fraction of sp³-hybridized carbons (Fsp3) is 0. The molecule has 20 heavy (non-hydrogen) atoms. The number of sulfone groups is 1. The zero-order valence-corrected chi connectivity index (χ0v) is 13.2. The van der Waals surface area contributed by atoms with Crippen molar-refractivity contribution >= 4 is 43.3 Å². The van der Waals surface area contributed by atoms with E-state index in [9.17, 15) is 8.42 Å². The molecule has 4 nitrogen and oxygen atoms in total. The predicted molar refractivity (Wildman–Crippen MR) is 84.1 cm³/mol. The maximum absolute atomic E-state index is 12.5. The highest BCUT2D eigenvalue weighted by molar-refractivity contribution is 14.1. The third-order valence-corrected chi connectivity index (χ3v) is 5.37. The number of hydrogen-bond acceptors (Lipinski definition) is 4. The molecule has 0 fully saturated rings. The standard InChI is InChI=1S/C14H9IN2O2S/c15-12-5-3-4-10-8-11(9-17-14(10)12)20(18,19)13-6-1-2-7-16-13/h1-9H. The van der Waals surface area contributed by atoms with Gasteiger partial charge in [-0.2, -0.15) is 0 Å². The molecular weight excluding hydrogens is 387 g/mol. The Morgan fingerprint density at radius 3 is 2.60 bits per heavy atom. The molecule has 0 aliphatic heterocycles. The van der Waals surface area contributed by atoms with Crippen molar-refractivity contribution in [2.24, 2.45) is 0 Å². The maximum atomic E-state index is 12.5. The van der Waals surface area contributed by atoms with Gasteiger partial charge in [-0.05, 0) is 46.9 Å². The smallest absolute Gasteiger partial charge is 0.225 e. The Hall–Kier alpha value is -1.54. The van der Waals surface area contributed by atoms with E-state index < -0.39 is 9.84 Å².